The molecular formula is C12H13FIN3O2. The molecule has 0 unspecified atom stereocenters. The molecule has 2 aliphatic heterocycles. The number of halogens is 2. The fourth-order valence-corrected chi connectivity index (χ4v) is 3.50. The van der Waals surface area contributed by atoms with Crippen molar-refractivity contribution in [1.29, 1.82) is 0 Å². The first kappa shape index (κ1) is 13.0. The Morgan fingerprint density at radius 1 is 1.47 bits per heavy atom. The van der Waals surface area contributed by atoms with Crippen LogP contribution in [-0.4, -0.2) is 30.6 Å². The summed E-state index contributed by atoms with van der Waals surface area (Å²) in [6.07, 6.45) is 1.00. The van der Waals surface area contributed by atoms with Gasteiger partial charge in [-0.05, 0) is 34.9 Å². The number of benzene rings is 1. The smallest absolute Gasteiger partial charge is 0.293 e. The first-order chi connectivity index (χ1) is 9.08. The molecule has 19 heavy (non-hydrogen) atoms. The van der Waals surface area contributed by atoms with E-state index in [1.54, 1.807) is 22.6 Å². The highest BCUT2D eigenvalue weighted by molar-refractivity contribution is 14.1. The van der Waals surface area contributed by atoms with Crippen LogP contribution in [-0.2, 0) is 0 Å². The summed E-state index contributed by atoms with van der Waals surface area (Å²) in [7, 11) is 0. The van der Waals surface area contributed by atoms with E-state index in [0.717, 1.165) is 26.1 Å². The van der Waals surface area contributed by atoms with Crippen LogP contribution < -0.4 is 10.2 Å². The summed E-state index contributed by atoms with van der Waals surface area (Å²) < 4.78 is 14.0. The molecule has 2 fully saturated rings. The van der Waals surface area contributed by atoms with Gasteiger partial charge in [0.2, 0.25) is 0 Å². The lowest BCUT2D eigenvalue weighted by Crippen LogP contribution is -2.34. The molecule has 0 aliphatic carbocycles. The normalized spacial score (nSPS) is 25.7. The fourth-order valence-electron chi connectivity index (χ4n) is 3.05. The van der Waals surface area contributed by atoms with E-state index in [1.165, 1.54) is 12.1 Å². The van der Waals surface area contributed by atoms with Crippen molar-refractivity contribution >= 4 is 34.0 Å². The van der Waals surface area contributed by atoms with Gasteiger partial charge >= 0.3 is 0 Å². The van der Waals surface area contributed by atoms with E-state index in [4.69, 9.17) is 0 Å². The molecular weight excluding hydrogens is 364 g/mol. The zero-order valence-electron chi connectivity index (χ0n) is 10.1. The quantitative estimate of drug-likeness (QED) is 0.488. The van der Waals surface area contributed by atoms with Crippen molar-refractivity contribution in [3.8, 4) is 0 Å². The maximum absolute atomic E-state index is 13.7. The van der Waals surface area contributed by atoms with Gasteiger partial charge in [-0.2, -0.15) is 0 Å². The Morgan fingerprint density at radius 3 is 3.00 bits per heavy atom. The summed E-state index contributed by atoms with van der Waals surface area (Å²) in [5, 5.41) is 14.5. The van der Waals surface area contributed by atoms with Crippen molar-refractivity contribution in [3.05, 3.63) is 31.6 Å². The van der Waals surface area contributed by atoms with Crippen molar-refractivity contribution in [2.45, 2.75) is 12.5 Å². The number of rotatable bonds is 2. The second-order valence-electron chi connectivity index (χ2n) is 4.98. The topological polar surface area (TPSA) is 58.4 Å². The van der Waals surface area contributed by atoms with Gasteiger partial charge in [-0.3, -0.25) is 10.1 Å². The number of anilines is 1. The average molecular weight is 377 g/mol. The average Bonchev–Trinajstić information content (AvgIpc) is 2.94. The summed E-state index contributed by atoms with van der Waals surface area (Å²) in [6.45, 7) is 2.52. The highest BCUT2D eigenvalue weighted by Crippen LogP contribution is 2.38. The lowest BCUT2D eigenvalue weighted by atomic mass is 10.0. The number of hydrogen-bond acceptors (Lipinski definition) is 4. The molecule has 5 nitrogen and oxygen atoms in total. The van der Waals surface area contributed by atoms with Gasteiger partial charge in [0.05, 0.1) is 8.49 Å². The van der Waals surface area contributed by atoms with Gasteiger partial charge in [-0.25, -0.2) is 4.39 Å². The van der Waals surface area contributed by atoms with Crippen molar-refractivity contribution in [3.63, 3.8) is 0 Å². The summed E-state index contributed by atoms with van der Waals surface area (Å²) >= 11 is 1.78. The second kappa shape index (κ2) is 4.86. The Hall–Kier alpha value is -0.960. The predicted molar refractivity (Wildman–Crippen MR) is 77.9 cm³/mol. The standard InChI is InChI=1S/C12H13FIN3O2/c13-8-3-10(11(17(18)19)4-9(8)14)16-2-1-7-5-15-6-12(7)16/h3-4,7,12,15H,1-2,5-6H2/t7-,12+/m0/s1. The Morgan fingerprint density at radius 2 is 2.26 bits per heavy atom. The minimum Gasteiger partial charge on any atom is -0.361 e. The fraction of sp³-hybridized carbons (Fsp3) is 0.500. The second-order valence-corrected chi connectivity index (χ2v) is 6.14. The van der Waals surface area contributed by atoms with Gasteiger partial charge in [0.1, 0.15) is 11.5 Å². The number of nitrogens with zero attached hydrogens (tertiary/aromatic N) is 2. The van der Waals surface area contributed by atoms with Crippen molar-refractivity contribution < 1.29 is 9.31 Å². The molecule has 0 spiro atoms. The predicted octanol–water partition coefficient (Wildman–Crippen LogP) is 2.14. The van der Waals surface area contributed by atoms with Gasteiger partial charge in [-0.15, -0.1) is 0 Å². The molecule has 1 N–H and O–H groups in total. The van der Waals surface area contributed by atoms with Crippen LogP contribution in [0.25, 0.3) is 0 Å². The summed E-state index contributed by atoms with van der Waals surface area (Å²) in [4.78, 5) is 12.7. The van der Waals surface area contributed by atoms with E-state index in [2.05, 4.69) is 5.32 Å². The monoisotopic (exact) mass is 377 g/mol. The van der Waals surface area contributed by atoms with Crippen LogP contribution in [0.3, 0.4) is 0 Å². The van der Waals surface area contributed by atoms with Crippen LogP contribution >= 0.6 is 22.6 Å². The molecule has 0 bridgehead atoms. The number of nitrogens with one attached hydrogen (secondary N) is 1. The van der Waals surface area contributed by atoms with Crippen LogP contribution in [0.2, 0.25) is 0 Å². The van der Waals surface area contributed by atoms with E-state index in [1.807, 2.05) is 4.90 Å². The van der Waals surface area contributed by atoms with Crippen LogP contribution in [0.15, 0.2) is 12.1 Å². The third-order valence-electron chi connectivity index (χ3n) is 3.97. The summed E-state index contributed by atoms with van der Waals surface area (Å²) in [5.41, 5.74) is 0.414. The van der Waals surface area contributed by atoms with Crippen LogP contribution in [0.5, 0.6) is 0 Å². The van der Waals surface area contributed by atoms with Crippen LogP contribution in [0.4, 0.5) is 15.8 Å². The third-order valence-corrected chi connectivity index (χ3v) is 4.80. The van der Waals surface area contributed by atoms with Gasteiger partial charge in [-0.1, -0.05) is 0 Å². The van der Waals surface area contributed by atoms with E-state index in [-0.39, 0.29) is 15.3 Å². The Balaban J connectivity index is 2.04. The van der Waals surface area contributed by atoms with E-state index < -0.39 is 10.7 Å². The highest BCUT2D eigenvalue weighted by atomic mass is 127. The molecule has 7 heteroatoms. The number of hydrogen-bond donors (Lipinski definition) is 1. The molecule has 1 aromatic carbocycles. The highest BCUT2D eigenvalue weighted by Gasteiger charge is 2.40. The minimum atomic E-state index is -0.424. The zero-order chi connectivity index (χ0) is 13.6. The van der Waals surface area contributed by atoms with E-state index >= 15 is 0 Å². The van der Waals surface area contributed by atoms with Crippen LogP contribution in [0.1, 0.15) is 6.42 Å². The molecule has 0 radical (unpaired) electrons. The zero-order valence-corrected chi connectivity index (χ0v) is 12.3. The van der Waals surface area contributed by atoms with Gasteiger partial charge in [0, 0.05) is 37.8 Å². The molecule has 0 amide bonds. The molecule has 2 atom stereocenters. The first-order valence-corrected chi connectivity index (χ1v) is 7.26. The van der Waals surface area contributed by atoms with Crippen molar-refractivity contribution in [2.24, 2.45) is 5.92 Å². The molecule has 0 saturated carbocycles. The minimum absolute atomic E-state index is 0.00153. The lowest BCUT2D eigenvalue weighted by molar-refractivity contribution is -0.384. The summed E-state index contributed by atoms with van der Waals surface area (Å²) in [6, 6.07) is 2.87. The van der Waals surface area contributed by atoms with Gasteiger partial charge in [0.15, 0.2) is 0 Å². The molecule has 2 aliphatic rings. The largest absolute Gasteiger partial charge is 0.361 e. The Kier molecular flexibility index (Phi) is 3.34. The molecule has 0 aromatic heterocycles. The molecule has 1 aromatic rings. The number of fused-ring (bicyclic) bond motifs is 1. The molecule has 102 valence electrons. The van der Waals surface area contributed by atoms with E-state index in [9.17, 15) is 14.5 Å². The van der Waals surface area contributed by atoms with Crippen molar-refractivity contribution in [1.82, 2.24) is 5.32 Å². The Labute approximate surface area is 123 Å². The first-order valence-electron chi connectivity index (χ1n) is 6.18. The Bertz CT molecular complexity index is 540. The third kappa shape index (κ3) is 2.18. The maximum atomic E-state index is 13.7. The van der Waals surface area contributed by atoms with Crippen LogP contribution in [0, 0.1) is 25.4 Å². The summed E-state index contributed by atoms with van der Waals surface area (Å²) in [5.74, 6) is 0.123. The number of nitro groups is 1. The van der Waals surface area contributed by atoms with E-state index in [0.29, 0.717) is 11.6 Å². The molecule has 3 rings (SSSR count). The van der Waals surface area contributed by atoms with Gasteiger partial charge in [0.25, 0.3) is 5.69 Å². The molecule has 2 saturated heterocycles. The van der Waals surface area contributed by atoms with Crippen molar-refractivity contribution in [2.75, 3.05) is 24.5 Å². The lowest BCUT2D eigenvalue weighted by Gasteiger charge is -2.25. The number of nitro benzene ring substituents is 1. The maximum Gasteiger partial charge on any atom is 0.293 e. The molecule has 2 heterocycles. The van der Waals surface area contributed by atoms with Gasteiger partial charge < -0.3 is 10.2 Å². The SMILES string of the molecule is O=[N+]([O-])c1cc(I)c(F)cc1N1CC[C@H]2CNC[C@H]21.